The molecule has 1 atom stereocenters. The van der Waals surface area contributed by atoms with Gasteiger partial charge in [-0.2, -0.15) is 17.6 Å². The number of aliphatic hydroxyl groups excluding tert-OH is 2. The number of hydrogen-bond donors (Lipinski definition) is 2. The van der Waals surface area contributed by atoms with Crippen LogP contribution in [0.4, 0.5) is 13.2 Å². The van der Waals surface area contributed by atoms with Crippen molar-refractivity contribution in [1.82, 2.24) is 4.98 Å². The van der Waals surface area contributed by atoms with Gasteiger partial charge in [-0.05, 0) is 19.1 Å². The molecule has 1 aliphatic rings. The lowest BCUT2D eigenvalue weighted by Crippen LogP contribution is -2.57. The Bertz CT molecular complexity index is 1070. The predicted molar refractivity (Wildman–Crippen MR) is 104 cm³/mol. The molecule has 0 spiro atoms. The van der Waals surface area contributed by atoms with Crippen LogP contribution in [0, 0.1) is 17.8 Å². The van der Waals surface area contributed by atoms with E-state index in [4.69, 9.17) is 0 Å². The molecule has 2 N–H and O–H groups in total. The maximum atomic E-state index is 13.1. The van der Waals surface area contributed by atoms with Gasteiger partial charge in [0.2, 0.25) is 10.0 Å². The second-order valence-electron chi connectivity index (χ2n) is 8.40. The first-order valence-corrected chi connectivity index (χ1v) is 10.7. The fourth-order valence-electron chi connectivity index (χ4n) is 3.56. The Balaban J connectivity index is 2.90. The number of hydrogen-bond acceptors (Lipinski definition) is 6. The van der Waals surface area contributed by atoms with Gasteiger partial charge in [-0.15, -0.1) is 0 Å². The Morgan fingerprint density at radius 1 is 1.17 bits per heavy atom. The van der Waals surface area contributed by atoms with E-state index in [1.54, 1.807) is 0 Å². The molecule has 1 unspecified atom stereocenters. The number of aliphatic hydroxyl groups is 2. The molecule has 0 aliphatic heterocycles. The molecule has 1 aromatic rings. The van der Waals surface area contributed by atoms with E-state index in [2.05, 4.69) is 9.38 Å². The first-order chi connectivity index (χ1) is 13.3. The summed E-state index contributed by atoms with van der Waals surface area (Å²) in [6.45, 7) is 6.98. The SMILES string of the molecule is Cc1nc(C(F)(F)F)ccc1C(O)=C1C(=O)C(C)(C)C(O)C(C)(C)C1=NS(C)(=O)=O. The molecule has 1 heterocycles. The molecule has 166 valence electrons. The number of nitrogens with zero attached hydrogens (tertiary/aromatic N) is 2. The summed E-state index contributed by atoms with van der Waals surface area (Å²) >= 11 is 0. The smallest absolute Gasteiger partial charge is 0.433 e. The molecular formula is C19H23F3N2O5S. The molecular weight excluding hydrogens is 425 g/mol. The Hall–Kier alpha value is -2.27. The quantitative estimate of drug-likeness (QED) is 0.531. The van der Waals surface area contributed by atoms with Gasteiger partial charge in [-0.1, -0.05) is 27.7 Å². The number of sulfonamides is 1. The van der Waals surface area contributed by atoms with Gasteiger partial charge in [0.25, 0.3) is 0 Å². The Kier molecular flexibility index (Phi) is 5.73. The van der Waals surface area contributed by atoms with Gasteiger partial charge >= 0.3 is 6.18 Å². The van der Waals surface area contributed by atoms with Crippen LogP contribution in [0.2, 0.25) is 0 Å². The minimum Gasteiger partial charge on any atom is -0.506 e. The molecule has 1 saturated carbocycles. The molecule has 2 rings (SSSR count). The van der Waals surface area contributed by atoms with Crippen LogP contribution in [0.3, 0.4) is 0 Å². The summed E-state index contributed by atoms with van der Waals surface area (Å²) in [5, 5.41) is 21.6. The van der Waals surface area contributed by atoms with Gasteiger partial charge in [0, 0.05) is 16.7 Å². The van der Waals surface area contributed by atoms with Gasteiger partial charge in [-0.25, -0.2) is 13.4 Å². The topological polar surface area (TPSA) is 117 Å². The molecule has 0 saturated heterocycles. The average molecular weight is 448 g/mol. The van der Waals surface area contributed by atoms with E-state index in [0.717, 1.165) is 12.3 Å². The molecule has 0 amide bonds. The number of allylic oxidation sites excluding steroid dienone is 1. The van der Waals surface area contributed by atoms with Crippen LogP contribution in [0.5, 0.6) is 0 Å². The maximum Gasteiger partial charge on any atom is 0.433 e. The lowest BCUT2D eigenvalue weighted by Gasteiger charge is -2.46. The number of Topliss-reactive ketones (excluding diaryl/α,β-unsaturated/α-hetero) is 1. The highest BCUT2D eigenvalue weighted by molar-refractivity contribution is 7.89. The minimum absolute atomic E-state index is 0.185. The molecule has 0 bridgehead atoms. The van der Waals surface area contributed by atoms with E-state index < -0.39 is 55.9 Å². The van der Waals surface area contributed by atoms with E-state index in [9.17, 15) is 36.6 Å². The lowest BCUT2D eigenvalue weighted by atomic mass is 9.59. The van der Waals surface area contributed by atoms with Crippen molar-refractivity contribution in [3.8, 4) is 0 Å². The fraction of sp³-hybridized carbons (Fsp3) is 0.526. The average Bonchev–Trinajstić information content (AvgIpc) is 2.57. The zero-order valence-electron chi connectivity index (χ0n) is 17.3. The molecule has 30 heavy (non-hydrogen) atoms. The van der Waals surface area contributed by atoms with E-state index in [-0.39, 0.29) is 17.0 Å². The Morgan fingerprint density at radius 2 is 1.70 bits per heavy atom. The van der Waals surface area contributed by atoms with Gasteiger partial charge in [0.15, 0.2) is 5.78 Å². The number of carbonyl (C=O) groups is 1. The highest BCUT2D eigenvalue weighted by Gasteiger charge is 2.56. The van der Waals surface area contributed by atoms with Crippen molar-refractivity contribution >= 4 is 27.3 Å². The third-order valence-electron chi connectivity index (χ3n) is 5.15. The van der Waals surface area contributed by atoms with Gasteiger partial charge in [0.05, 0.1) is 29.1 Å². The van der Waals surface area contributed by atoms with Crippen molar-refractivity contribution < 1.29 is 36.6 Å². The standard InChI is InChI=1S/C19H23F3N2O5S/c1-9-10(7-8-11(23-9)19(20,21)22)13(25)12-14(24-30(6,28)29)17(2,3)16(27)18(4,5)15(12)26/h7-8,16,25,27H,1-6H3. The first-order valence-electron chi connectivity index (χ1n) is 8.84. The molecule has 11 heteroatoms. The number of aromatic nitrogens is 1. The summed E-state index contributed by atoms with van der Waals surface area (Å²) in [6, 6.07) is 1.59. The highest BCUT2D eigenvalue weighted by atomic mass is 32.2. The second kappa shape index (κ2) is 7.16. The monoisotopic (exact) mass is 448 g/mol. The summed E-state index contributed by atoms with van der Waals surface area (Å²) in [5.41, 5.74) is -5.26. The van der Waals surface area contributed by atoms with Crippen LogP contribution in [0.15, 0.2) is 22.1 Å². The Morgan fingerprint density at radius 3 is 2.13 bits per heavy atom. The molecule has 0 aromatic carbocycles. The van der Waals surface area contributed by atoms with Crippen LogP contribution in [-0.4, -0.2) is 47.5 Å². The first kappa shape index (κ1) is 24.0. The number of pyridine rings is 1. The summed E-state index contributed by atoms with van der Waals surface area (Å²) in [5.74, 6) is -1.55. The van der Waals surface area contributed by atoms with Crippen molar-refractivity contribution in [3.63, 3.8) is 0 Å². The number of halogens is 3. The Labute approximate surface area is 172 Å². The zero-order valence-corrected chi connectivity index (χ0v) is 18.1. The van der Waals surface area contributed by atoms with Gasteiger partial charge in [-0.3, -0.25) is 4.79 Å². The number of rotatable bonds is 2. The minimum atomic E-state index is -4.70. The normalized spacial score (nSPS) is 24.8. The fourth-order valence-corrected chi connectivity index (χ4v) is 4.22. The molecule has 0 radical (unpaired) electrons. The molecule has 1 aromatic heterocycles. The van der Waals surface area contributed by atoms with Crippen molar-refractivity contribution in [2.75, 3.05) is 6.26 Å². The van der Waals surface area contributed by atoms with E-state index in [1.165, 1.54) is 34.6 Å². The van der Waals surface area contributed by atoms with Crippen molar-refractivity contribution in [2.24, 2.45) is 15.2 Å². The number of carbonyl (C=O) groups excluding carboxylic acids is 1. The second-order valence-corrected chi connectivity index (χ2v) is 10.0. The number of aryl methyl sites for hydroxylation is 1. The van der Waals surface area contributed by atoms with Crippen molar-refractivity contribution in [1.29, 1.82) is 0 Å². The summed E-state index contributed by atoms with van der Waals surface area (Å²) < 4.78 is 66.0. The van der Waals surface area contributed by atoms with Crippen molar-refractivity contribution in [3.05, 3.63) is 34.7 Å². The summed E-state index contributed by atoms with van der Waals surface area (Å²) in [6.07, 6.45) is -5.27. The largest absolute Gasteiger partial charge is 0.506 e. The van der Waals surface area contributed by atoms with Crippen LogP contribution < -0.4 is 0 Å². The predicted octanol–water partition coefficient (Wildman–Crippen LogP) is 3.07. The van der Waals surface area contributed by atoms with Gasteiger partial charge in [0.1, 0.15) is 11.5 Å². The van der Waals surface area contributed by atoms with Gasteiger partial charge < -0.3 is 10.2 Å². The van der Waals surface area contributed by atoms with E-state index in [0.29, 0.717) is 6.07 Å². The van der Waals surface area contributed by atoms with Crippen LogP contribution >= 0.6 is 0 Å². The van der Waals surface area contributed by atoms with E-state index >= 15 is 0 Å². The van der Waals surface area contributed by atoms with Crippen LogP contribution in [0.25, 0.3) is 5.76 Å². The summed E-state index contributed by atoms with van der Waals surface area (Å²) in [4.78, 5) is 16.6. The number of alkyl halides is 3. The number of ketones is 1. The maximum absolute atomic E-state index is 13.1. The summed E-state index contributed by atoms with van der Waals surface area (Å²) in [7, 11) is -4.05. The molecule has 7 nitrogen and oxygen atoms in total. The van der Waals surface area contributed by atoms with E-state index in [1.807, 2.05) is 0 Å². The zero-order chi connectivity index (χ0) is 23.4. The highest BCUT2D eigenvalue weighted by Crippen LogP contribution is 2.46. The lowest BCUT2D eigenvalue weighted by molar-refractivity contribution is -0.141. The van der Waals surface area contributed by atoms with Crippen LogP contribution in [0.1, 0.15) is 44.6 Å². The van der Waals surface area contributed by atoms with Crippen molar-refractivity contribution in [2.45, 2.75) is 46.9 Å². The van der Waals surface area contributed by atoms with Crippen LogP contribution in [-0.2, 0) is 21.0 Å². The molecule has 1 aliphatic carbocycles. The third kappa shape index (κ3) is 4.13. The third-order valence-corrected chi connectivity index (χ3v) is 5.67. The molecule has 1 fully saturated rings.